The lowest BCUT2D eigenvalue weighted by molar-refractivity contribution is 0.432. The summed E-state index contributed by atoms with van der Waals surface area (Å²) in [6, 6.07) is 17.6. The zero-order valence-electron chi connectivity index (χ0n) is 18.2. The second kappa shape index (κ2) is 11.8. The molecule has 0 heterocycles. The topological polar surface area (TPSA) is 82.6 Å². The van der Waals surface area contributed by atoms with Crippen molar-refractivity contribution >= 4 is 40.0 Å². The van der Waals surface area contributed by atoms with Crippen LogP contribution in [0.4, 0.5) is 0 Å². The molecule has 0 unspecified atom stereocenters. The lowest BCUT2D eigenvalue weighted by atomic mass is 9.79. The monoisotopic (exact) mass is 556 g/mol. The lowest BCUT2D eigenvalue weighted by Gasteiger charge is -2.30. The van der Waals surface area contributed by atoms with Crippen LogP contribution in [0.2, 0.25) is 0 Å². The van der Waals surface area contributed by atoms with Crippen molar-refractivity contribution in [2.75, 3.05) is 20.1 Å². The molecule has 8 heteroatoms. The minimum Gasteiger partial charge on any atom is -0.357 e. The summed E-state index contributed by atoms with van der Waals surface area (Å²) < 4.78 is 26.1. The number of halogens is 1. The zero-order chi connectivity index (χ0) is 21.5. The molecule has 3 rings (SSSR count). The highest BCUT2D eigenvalue weighted by Gasteiger charge is 2.35. The van der Waals surface area contributed by atoms with Gasteiger partial charge in [-0.1, -0.05) is 55.3 Å². The number of benzene rings is 2. The van der Waals surface area contributed by atoms with Gasteiger partial charge in [-0.2, -0.15) is 0 Å². The highest BCUT2D eigenvalue weighted by Crippen LogP contribution is 2.40. The number of nitrogens with zero attached hydrogens (tertiary/aromatic N) is 1. The van der Waals surface area contributed by atoms with E-state index in [1.165, 1.54) is 38.3 Å². The van der Waals surface area contributed by atoms with Crippen LogP contribution in [0.5, 0.6) is 0 Å². The maximum atomic E-state index is 11.9. The molecule has 0 atom stereocenters. The molecule has 170 valence electrons. The molecular formula is C23H33IN4O2S. The van der Waals surface area contributed by atoms with E-state index in [0.29, 0.717) is 6.54 Å². The number of nitrogens with one attached hydrogen (secondary N) is 3. The average molecular weight is 557 g/mol. The van der Waals surface area contributed by atoms with Crippen LogP contribution in [0.25, 0.3) is 0 Å². The molecule has 1 fully saturated rings. The van der Waals surface area contributed by atoms with Gasteiger partial charge in [-0.15, -0.1) is 24.0 Å². The van der Waals surface area contributed by atoms with Crippen molar-refractivity contribution in [2.24, 2.45) is 4.99 Å². The van der Waals surface area contributed by atoms with Crippen LogP contribution in [-0.4, -0.2) is 34.5 Å². The van der Waals surface area contributed by atoms with Gasteiger partial charge in [0, 0.05) is 18.5 Å². The minimum atomic E-state index is -3.42. The molecule has 31 heavy (non-hydrogen) atoms. The molecule has 0 aromatic heterocycles. The van der Waals surface area contributed by atoms with E-state index in [9.17, 15) is 8.42 Å². The first kappa shape index (κ1) is 25.6. The summed E-state index contributed by atoms with van der Waals surface area (Å²) in [5, 5.41) is 6.87. The highest BCUT2D eigenvalue weighted by molar-refractivity contribution is 14.0. The quantitative estimate of drug-likeness (QED) is 0.263. The Morgan fingerprint density at radius 3 is 2.23 bits per heavy atom. The van der Waals surface area contributed by atoms with Crippen molar-refractivity contribution in [2.45, 2.75) is 49.5 Å². The molecule has 1 aliphatic carbocycles. The number of sulfonamides is 1. The van der Waals surface area contributed by atoms with Crippen LogP contribution in [0.15, 0.2) is 64.5 Å². The first-order valence-electron chi connectivity index (χ1n) is 10.6. The van der Waals surface area contributed by atoms with Crippen molar-refractivity contribution < 1.29 is 8.42 Å². The molecule has 2 aromatic rings. The summed E-state index contributed by atoms with van der Waals surface area (Å²) in [5.74, 6) is 0.784. The molecule has 0 radical (unpaired) electrons. The molecule has 1 saturated carbocycles. The summed E-state index contributed by atoms with van der Waals surface area (Å²) in [5.41, 5.74) is 2.51. The average Bonchev–Trinajstić information content (AvgIpc) is 3.27. The molecular weight excluding hydrogens is 523 g/mol. The van der Waals surface area contributed by atoms with E-state index in [-0.39, 0.29) is 34.3 Å². The van der Waals surface area contributed by atoms with Gasteiger partial charge in [0.25, 0.3) is 0 Å². The first-order valence-corrected chi connectivity index (χ1v) is 12.1. The Bertz CT molecular complexity index is 941. The highest BCUT2D eigenvalue weighted by atomic mass is 127. The van der Waals surface area contributed by atoms with Gasteiger partial charge in [-0.05, 0) is 50.1 Å². The number of guanidine groups is 1. The third-order valence-corrected chi connectivity index (χ3v) is 7.24. The van der Waals surface area contributed by atoms with Crippen LogP contribution in [-0.2, 0) is 22.0 Å². The van der Waals surface area contributed by atoms with Gasteiger partial charge in [0.1, 0.15) is 0 Å². The molecule has 0 spiro atoms. The van der Waals surface area contributed by atoms with Gasteiger partial charge in [0.15, 0.2) is 5.96 Å². The van der Waals surface area contributed by atoms with Gasteiger partial charge in [0.05, 0.1) is 11.4 Å². The van der Waals surface area contributed by atoms with Crippen molar-refractivity contribution in [3.05, 3.63) is 65.7 Å². The van der Waals surface area contributed by atoms with E-state index in [2.05, 4.69) is 52.6 Å². The predicted octanol–water partition coefficient (Wildman–Crippen LogP) is 3.78. The minimum absolute atomic E-state index is 0. The summed E-state index contributed by atoms with van der Waals surface area (Å²) >= 11 is 0. The third kappa shape index (κ3) is 6.66. The van der Waals surface area contributed by atoms with Crippen LogP contribution in [0.1, 0.15) is 43.7 Å². The van der Waals surface area contributed by atoms with E-state index >= 15 is 0 Å². The predicted molar refractivity (Wildman–Crippen MR) is 138 cm³/mol. The van der Waals surface area contributed by atoms with E-state index in [1.807, 2.05) is 0 Å². The van der Waals surface area contributed by atoms with Gasteiger partial charge in [-0.25, -0.2) is 18.1 Å². The summed E-state index contributed by atoms with van der Waals surface area (Å²) in [4.78, 5) is 4.97. The van der Waals surface area contributed by atoms with E-state index < -0.39 is 10.0 Å². The molecule has 3 N–H and O–H groups in total. The summed E-state index contributed by atoms with van der Waals surface area (Å²) in [6.45, 7) is 4.16. The van der Waals surface area contributed by atoms with Gasteiger partial charge in [0.2, 0.25) is 10.0 Å². The Hall–Kier alpha value is -1.65. The second-order valence-corrected chi connectivity index (χ2v) is 9.64. The molecule has 0 aliphatic heterocycles. The Balaban J connectivity index is 0.00000341. The molecule has 0 saturated heterocycles. The number of rotatable bonds is 8. The standard InChI is InChI=1S/C23H32N4O2S.HI/c1-3-25-22(26-17-19-11-13-21(14-12-19)30(28,29)24-2)27-18-23(15-7-8-16-23)20-9-5-4-6-10-20;/h4-6,9-14,24H,3,7-8,15-18H2,1-2H3,(H2,25,26,27);1H. The molecule has 6 nitrogen and oxygen atoms in total. The SMILES string of the molecule is CCNC(=NCc1ccc(S(=O)(=O)NC)cc1)NCC1(c2ccccc2)CCCC1.I. The van der Waals surface area contributed by atoms with Crippen molar-refractivity contribution in [3.63, 3.8) is 0 Å². The lowest BCUT2D eigenvalue weighted by Crippen LogP contribution is -2.44. The third-order valence-electron chi connectivity index (χ3n) is 5.81. The fourth-order valence-electron chi connectivity index (χ4n) is 4.07. The van der Waals surface area contributed by atoms with Gasteiger partial charge >= 0.3 is 0 Å². The van der Waals surface area contributed by atoms with Crippen molar-refractivity contribution in [1.82, 2.24) is 15.4 Å². The zero-order valence-corrected chi connectivity index (χ0v) is 21.4. The smallest absolute Gasteiger partial charge is 0.240 e. The van der Waals surface area contributed by atoms with Crippen LogP contribution >= 0.6 is 24.0 Å². The van der Waals surface area contributed by atoms with Crippen molar-refractivity contribution in [3.8, 4) is 0 Å². The van der Waals surface area contributed by atoms with Gasteiger partial charge < -0.3 is 10.6 Å². The fourth-order valence-corrected chi connectivity index (χ4v) is 4.80. The second-order valence-electron chi connectivity index (χ2n) is 7.75. The maximum Gasteiger partial charge on any atom is 0.240 e. The molecule has 0 amide bonds. The fraction of sp³-hybridized carbons (Fsp3) is 0.435. The number of aliphatic imine (C=N–C) groups is 1. The Morgan fingerprint density at radius 1 is 1.00 bits per heavy atom. The maximum absolute atomic E-state index is 11.9. The Kier molecular flexibility index (Phi) is 9.77. The Morgan fingerprint density at radius 2 is 1.65 bits per heavy atom. The first-order chi connectivity index (χ1) is 14.5. The summed E-state index contributed by atoms with van der Waals surface area (Å²) in [6.07, 6.45) is 4.88. The van der Waals surface area contributed by atoms with E-state index in [0.717, 1.165) is 24.6 Å². The Labute approximate surface area is 203 Å². The molecule has 0 bridgehead atoms. The summed E-state index contributed by atoms with van der Waals surface area (Å²) in [7, 11) is -2.01. The van der Waals surface area contributed by atoms with Crippen LogP contribution in [0.3, 0.4) is 0 Å². The van der Waals surface area contributed by atoms with Crippen LogP contribution < -0.4 is 15.4 Å². The number of hydrogen-bond acceptors (Lipinski definition) is 3. The van der Waals surface area contributed by atoms with E-state index in [4.69, 9.17) is 4.99 Å². The molecule has 2 aromatic carbocycles. The van der Waals surface area contributed by atoms with Gasteiger partial charge in [-0.3, -0.25) is 0 Å². The molecule has 1 aliphatic rings. The largest absolute Gasteiger partial charge is 0.357 e. The van der Waals surface area contributed by atoms with Crippen LogP contribution in [0, 0.1) is 0 Å². The van der Waals surface area contributed by atoms with Crippen molar-refractivity contribution in [1.29, 1.82) is 0 Å². The van der Waals surface area contributed by atoms with E-state index in [1.54, 1.807) is 24.3 Å². The normalized spacial score (nSPS) is 15.9. The number of hydrogen-bond donors (Lipinski definition) is 3.